The summed E-state index contributed by atoms with van der Waals surface area (Å²) in [6.07, 6.45) is 5.77. The maximum atomic E-state index is 14.8. The topological polar surface area (TPSA) is 94.3 Å². The zero-order chi connectivity index (χ0) is 26.5. The third-order valence-electron chi connectivity index (χ3n) is 7.08. The first-order chi connectivity index (χ1) is 17.5. The number of hydrogen-bond donors (Lipinski definition) is 3. The number of anilines is 1. The predicted octanol–water partition coefficient (Wildman–Crippen LogP) is 4.18. The van der Waals surface area contributed by atoms with E-state index in [4.69, 9.17) is 18.0 Å². The van der Waals surface area contributed by atoms with Gasteiger partial charge in [-0.25, -0.2) is 4.39 Å². The number of nitrogens with one attached hydrogen (secondary N) is 3. The van der Waals surface area contributed by atoms with Gasteiger partial charge in [-0.15, -0.1) is 6.42 Å². The molecule has 1 fully saturated rings. The molecule has 0 aliphatic carbocycles. The van der Waals surface area contributed by atoms with Crippen LogP contribution in [0.5, 0.6) is 0 Å². The van der Waals surface area contributed by atoms with Gasteiger partial charge in [0, 0.05) is 34.6 Å². The van der Waals surface area contributed by atoms with Crippen LogP contribution in [0, 0.1) is 12.3 Å². The third-order valence-corrected chi connectivity index (χ3v) is 7.32. The second-order valence-electron chi connectivity index (χ2n) is 10.3. The molecule has 3 N–H and O–H groups in total. The maximum absolute atomic E-state index is 14.8. The van der Waals surface area contributed by atoms with Gasteiger partial charge in [-0.3, -0.25) is 14.4 Å². The molecular formula is C28H26ClFN4O3. The van der Waals surface area contributed by atoms with Crippen molar-refractivity contribution in [3.63, 3.8) is 0 Å². The molecule has 0 radical (unpaired) electrons. The van der Waals surface area contributed by atoms with Gasteiger partial charge in [-0.05, 0) is 50.1 Å². The first-order valence-electron chi connectivity index (χ1n) is 12.0. The van der Waals surface area contributed by atoms with Crippen LogP contribution in [0.2, 0.25) is 5.02 Å². The van der Waals surface area contributed by atoms with E-state index in [9.17, 15) is 18.8 Å². The van der Waals surface area contributed by atoms with Gasteiger partial charge >= 0.3 is 0 Å². The average molecular weight is 521 g/mol. The summed E-state index contributed by atoms with van der Waals surface area (Å²) in [5, 5.41) is 6.85. The Hall–Kier alpha value is -3.83. The number of hydrogen-bond acceptors (Lipinski definition) is 3. The predicted molar refractivity (Wildman–Crippen MR) is 140 cm³/mol. The van der Waals surface area contributed by atoms with Crippen LogP contribution >= 0.6 is 11.6 Å². The van der Waals surface area contributed by atoms with E-state index in [-0.39, 0.29) is 31.0 Å². The Morgan fingerprint density at radius 3 is 2.78 bits per heavy atom. The number of nitrogens with zero attached hydrogens (tertiary/aromatic N) is 1. The average Bonchev–Trinajstić information content (AvgIpc) is 3.51. The quantitative estimate of drug-likeness (QED) is 0.440. The number of aromatic amines is 1. The molecule has 3 heterocycles. The van der Waals surface area contributed by atoms with Gasteiger partial charge in [0.1, 0.15) is 17.4 Å². The molecule has 5 rings (SSSR count). The van der Waals surface area contributed by atoms with Gasteiger partial charge in [0.2, 0.25) is 11.8 Å². The number of amides is 3. The smallest absolute Gasteiger partial charge is 0.268 e. The molecule has 7 nitrogen and oxygen atoms in total. The highest BCUT2D eigenvalue weighted by Crippen LogP contribution is 2.46. The molecule has 3 aromatic rings. The zero-order valence-corrected chi connectivity index (χ0v) is 21.2. The fraction of sp³-hybridized carbons (Fsp3) is 0.321. The van der Waals surface area contributed by atoms with Crippen molar-refractivity contribution in [2.45, 2.75) is 49.9 Å². The van der Waals surface area contributed by atoms with Crippen LogP contribution in [0.1, 0.15) is 42.7 Å². The Morgan fingerprint density at radius 1 is 1.30 bits per heavy atom. The first kappa shape index (κ1) is 24.8. The number of rotatable bonds is 5. The number of likely N-dealkylation sites (tertiary alicyclic amines) is 1. The van der Waals surface area contributed by atoms with Gasteiger partial charge in [-0.1, -0.05) is 41.8 Å². The molecular weight excluding hydrogens is 495 g/mol. The zero-order valence-electron chi connectivity index (χ0n) is 20.4. The van der Waals surface area contributed by atoms with Crippen molar-refractivity contribution < 1.29 is 18.8 Å². The summed E-state index contributed by atoms with van der Waals surface area (Å²) in [5.74, 6) is 1.30. The van der Waals surface area contributed by atoms with Gasteiger partial charge < -0.3 is 20.5 Å². The summed E-state index contributed by atoms with van der Waals surface area (Å²) in [6.45, 7) is 2.72. The Labute approximate surface area is 218 Å². The number of alkyl halides is 1. The normalized spacial score (nSPS) is 21.5. The largest absolute Gasteiger partial charge is 0.350 e. The van der Waals surface area contributed by atoms with E-state index in [2.05, 4.69) is 21.5 Å². The molecule has 3 amide bonds. The lowest BCUT2D eigenvalue weighted by Gasteiger charge is -2.30. The van der Waals surface area contributed by atoms with E-state index < -0.39 is 35.0 Å². The Kier molecular flexibility index (Phi) is 5.99. The number of carbonyl (C=O) groups is 3. The molecule has 3 atom stereocenters. The van der Waals surface area contributed by atoms with Gasteiger partial charge in [0.15, 0.2) is 0 Å². The monoisotopic (exact) mass is 520 g/mol. The van der Waals surface area contributed by atoms with E-state index in [1.54, 1.807) is 30.3 Å². The van der Waals surface area contributed by atoms with Crippen molar-refractivity contribution in [1.29, 1.82) is 0 Å². The number of halogens is 2. The molecule has 2 aliphatic rings. The summed E-state index contributed by atoms with van der Waals surface area (Å²) in [5.41, 5.74) is -0.431. The van der Waals surface area contributed by atoms with Gasteiger partial charge in [0.25, 0.3) is 5.91 Å². The van der Waals surface area contributed by atoms with Crippen molar-refractivity contribution >= 4 is 45.9 Å². The molecule has 1 unspecified atom stereocenters. The maximum Gasteiger partial charge on any atom is 0.268 e. The van der Waals surface area contributed by atoms with Crippen LogP contribution in [0.4, 0.5) is 10.1 Å². The van der Waals surface area contributed by atoms with Crippen molar-refractivity contribution in [3.8, 4) is 12.3 Å². The fourth-order valence-corrected chi connectivity index (χ4v) is 5.53. The van der Waals surface area contributed by atoms with Crippen LogP contribution in [0.25, 0.3) is 10.9 Å². The molecule has 2 aliphatic heterocycles. The van der Waals surface area contributed by atoms with Crippen LogP contribution in [0.15, 0.2) is 48.5 Å². The molecule has 1 aromatic heterocycles. The number of terminal acetylenes is 1. The third kappa shape index (κ3) is 4.44. The highest BCUT2D eigenvalue weighted by atomic mass is 35.5. The van der Waals surface area contributed by atoms with Crippen molar-refractivity contribution in [1.82, 2.24) is 15.2 Å². The van der Waals surface area contributed by atoms with Crippen LogP contribution in [-0.2, 0) is 15.0 Å². The minimum Gasteiger partial charge on any atom is -0.350 e. The summed E-state index contributed by atoms with van der Waals surface area (Å²) in [6, 6.07) is 12.2. The molecule has 9 heteroatoms. The summed E-state index contributed by atoms with van der Waals surface area (Å²) < 4.78 is 14.8. The Bertz CT molecular complexity index is 1470. The van der Waals surface area contributed by atoms with Crippen LogP contribution < -0.4 is 10.6 Å². The lowest BCUT2D eigenvalue weighted by Crippen LogP contribution is -2.52. The second-order valence-corrected chi connectivity index (χ2v) is 10.7. The van der Waals surface area contributed by atoms with Crippen LogP contribution in [0.3, 0.4) is 0 Å². The minimum absolute atomic E-state index is 0.0352. The first-order valence-corrected chi connectivity index (χ1v) is 12.3. The van der Waals surface area contributed by atoms with E-state index in [0.717, 1.165) is 10.9 Å². The Balaban J connectivity index is 1.44. The SMILES string of the molecule is C#C[C@@H]1C[C@@]2(CN1C(=O)C(CC(C)(C)F)NC(=O)c1cc3ccc(Cl)cc3[nH]1)C(=O)Nc1ccccc12. The highest BCUT2D eigenvalue weighted by Gasteiger charge is 2.56. The molecule has 1 spiro atoms. The summed E-state index contributed by atoms with van der Waals surface area (Å²) in [7, 11) is 0. The van der Waals surface area contributed by atoms with E-state index in [0.29, 0.717) is 16.2 Å². The minimum atomic E-state index is -1.76. The van der Waals surface area contributed by atoms with Gasteiger partial charge in [0.05, 0.1) is 11.5 Å². The number of aromatic nitrogens is 1. The lowest BCUT2D eigenvalue weighted by molar-refractivity contribution is -0.134. The van der Waals surface area contributed by atoms with E-state index in [1.165, 1.54) is 18.7 Å². The second kappa shape index (κ2) is 8.93. The van der Waals surface area contributed by atoms with Crippen LogP contribution in [-0.4, -0.2) is 51.9 Å². The molecule has 1 saturated heterocycles. The highest BCUT2D eigenvalue weighted by molar-refractivity contribution is 6.31. The summed E-state index contributed by atoms with van der Waals surface area (Å²) >= 11 is 6.04. The molecule has 0 saturated carbocycles. The lowest BCUT2D eigenvalue weighted by atomic mass is 9.79. The van der Waals surface area contributed by atoms with Crippen molar-refractivity contribution in [2.75, 3.05) is 11.9 Å². The molecule has 190 valence electrons. The van der Waals surface area contributed by atoms with Gasteiger partial charge in [-0.2, -0.15) is 0 Å². The number of H-pyrrole nitrogens is 1. The molecule has 2 aromatic carbocycles. The number of para-hydroxylation sites is 1. The fourth-order valence-electron chi connectivity index (χ4n) is 5.36. The van der Waals surface area contributed by atoms with E-state index in [1.807, 2.05) is 18.2 Å². The number of benzene rings is 2. The molecule has 37 heavy (non-hydrogen) atoms. The van der Waals surface area contributed by atoms with Crippen molar-refractivity contribution in [3.05, 3.63) is 64.8 Å². The van der Waals surface area contributed by atoms with E-state index >= 15 is 0 Å². The number of carbonyl (C=O) groups excluding carboxylic acids is 3. The number of fused-ring (bicyclic) bond motifs is 3. The Morgan fingerprint density at radius 2 is 2.05 bits per heavy atom. The summed E-state index contributed by atoms with van der Waals surface area (Å²) in [4.78, 5) is 44.5. The standard InChI is InChI=1S/C28H26ClFN4O3/c1-4-18-13-28(19-7-5-6-8-20(19)33-26(28)37)15-34(18)25(36)23(14-27(2,3)30)32-24(35)22-11-16-9-10-17(29)12-21(16)31-22/h1,5-12,18,23,31H,13-15H2,2-3H3,(H,32,35)(H,33,37)/t18-,23?,28+/m1/s1. The molecule has 0 bridgehead atoms. The van der Waals surface area contributed by atoms with Crippen molar-refractivity contribution in [2.24, 2.45) is 0 Å².